The summed E-state index contributed by atoms with van der Waals surface area (Å²) < 4.78 is 4.73. The Balaban J connectivity index is 3.06. The molecule has 0 aliphatic carbocycles. The molecular weight excluding hydrogens is 146 g/mol. The van der Waals surface area contributed by atoms with Crippen molar-refractivity contribution in [1.29, 1.82) is 0 Å². The van der Waals surface area contributed by atoms with E-state index in [1.165, 1.54) is 0 Å². The van der Waals surface area contributed by atoms with Crippen LogP contribution in [0.15, 0.2) is 12.1 Å². The lowest BCUT2D eigenvalue weighted by Gasteiger charge is -1.99. The maximum Gasteiger partial charge on any atom is 0.140 e. The number of hydrogen-bond acceptors (Lipinski definition) is 3. The molecule has 0 bridgehead atoms. The predicted octanol–water partition coefficient (Wildman–Crippen LogP) is 1.92. The molecule has 0 aliphatic heterocycles. The van der Waals surface area contributed by atoms with E-state index in [4.69, 9.17) is 4.18 Å². The first kappa shape index (κ1) is 7.41. The third kappa shape index (κ3) is 1.64. The van der Waals surface area contributed by atoms with Gasteiger partial charge in [0.2, 0.25) is 0 Å². The summed E-state index contributed by atoms with van der Waals surface area (Å²) in [5, 5.41) is 0. The lowest BCUT2D eigenvalue weighted by atomic mass is 10.3. The van der Waals surface area contributed by atoms with Gasteiger partial charge in [0.15, 0.2) is 0 Å². The molecule has 0 aromatic carbocycles. The van der Waals surface area contributed by atoms with Crippen molar-refractivity contribution in [2.24, 2.45) is 0 Å². The minimum absolute atomic E-state index is 0.744. The second-order valence-electron chi connectivity index (χ2n) is 2.18. The Morgan fingerprint density at radius 3 is 2.20 bits per heavy atom. The summed E-state index contributed by atoms with van der Waals surface area (Å²) in [5.41, 5.74) is 1.90. The zero-order valence-corrected chi connectivity index (χ0v) is 6.85. The van der Waals surface area contributed by atoms with E-state index in [0.717, 1.165) is 17.1 Å². The fourth-order valence-electron chi connectivity index (χ4n) is 0.849. The van der Waals surface area contributed by atoms with Crippen molar-refractivity contribution in [2.45, 2.75) is 13.8 Å². The molecular formula is C7H9NOS. The van der Waals surface area contributed by atoms with Crippen molar-refractivity contribution >= 4 is 12.9 Å². The van der Waals surface area contributed by atoms with Gasteiger partial charge in [-0.3, -0.25) is 4.98 Å². The van der Waals surface area contributed by atoms with Gasteiger partial charge in [-0.25, -0.2) is 0 Å². The van der Waals surface area contributed by atoms with E-state index in [0.29, 0.717) is 0 Å². The summed E-state index contributed by atoms with van der Waals surface area (Å²) in [4.78, 5) is 4.17. The van der Waals surface area contributed by atoms with Crippen molar-refractivity contribution in [3.05, 3.63) is 23.5 Å². The standard InChI is InChI=1S/C7H9NOS/c1-5-3-7(9-10)4-6(2)8-5/h3-4,10H,1-2H3. The molecule has 0 N–H and O–H groups in total. The van der Waals surface area contributed by atoms with Crippen molar-refractivity contribution in [1.82, 2.24) is 4.98 Å². The van der Waals surface area contributed by atoms with Crippen LogP contribution in [0.25, 0.3) is 0 Å². The molecule has 54 valence electrons. The van der Waals surface area contributed by atoms with Crippen LogP contribution in [0.5, 0.6) is 5.75 Å². The predicted molar refractivity (Wildman–Crippen MR) is 43.3 cm³/mol. The number of hydrogen-bond donors (Lipinski definition) is 1. The van der Waals surface area contributed by atoms with E-state index < -0.39 is 0 Å². The maximum atomic E-state index is 4.73. The van der Waals surface area contributed by atoms with E-state index in [9.17, 15) is 0 Å². The number of aryl methyl sites for hydroxylation is 2. The van der Waals surface area contributed by atoms with E-state index >= 15 is 0 Å². The van der Waals surface area contributed by atoms with Gasteiger partial charge >= 0.3 is 0 Å². The fourth-order valence-corrected chi connectivity index (χ4v) is 0.954. The minimum atomic E-state index is 0.744. The van der Waals surface area contributed by atoms with E-state index in [-0.39, 0.29) is 0 Å². The molecule has 0 radical (unpaired) electrons. The number of pyridine rings is 1. The Morgan fingerprint density at radius 2 is 1.80 bits per heavy atom. The quantitative estimate of drug-likeness (QED) is 0.494. The normalized spacial score (nSPS) is 9.50. The lowest BCUT2D eigenvalue weighted by molar-refractivity contribution is 0.654. The number of thiol groups is 1. The maximum absolute atomic E-state index is 4.73. The highest BCUT2D eigenvalue weighted by molar-refractivity contribution is 7.75. The first-order valence-electron chi connectivity index (χ1n) is 2.99. The Bertz CT molecular complexity index is 217. The Kier molecular flexibility index (Phi) is 2.17. The molecule has 3 heteroatoms. The lowest BCUT2D eigenvalue weighted by Crippen LogP contribution is -1.86. The van der Waals surface area contributed by atoms with Crippen LogP contribution < -0.4 is 4.18 Å². The van der Waals surface area contributed by atoms with Crippen LogP contribution in [-0.2, 0) is 0 Å². The summed E-state index contributed by atoms with van der Waals surface area (Å²) in [6, 6.07) is 3.67. The highest BCUT2D eigenvalue weighted by atomic mass is 32.1. The first-order valence-corrected chi connectivity index (χ1v) is 3.35. The van der Waals surface area contributed by atoms with Gasteiger partial charge in [0.25, 0.3) is 0 Å². The van der Waals surface area contributed by atoms with Gasteiger partial charge in [-0.2, -0.15) is 0 Å². The Labute approximate surface area is 65.9 Å². The van der Waals surface area contributed by atoms with Crippen LogP contribution in [0.1, 0.15) is 11.4 Å². The molecule has 0 aliphatic rings. The van der Waals surface area contributed by atoms with Crippen LogP contribution in [0.2, 0.25) is 0 Å². The molecule has 0 spiro atoms. The molecule has 0 saturated heterocycles. The number of rotatable bonds is 1. The zero-order valence-electron chi connectivity index (χ0n) is 5.96. The van der Waals surface area contributed by atoms with Gasteiger partial charge in [0.05, 0.1) is 0 Å². The topological polar surface area (TPSA) is 22.1 Å². The van der Waals surface area contributed by atoms with Gasteiger partial charge in [-0.1, -0.05) is 0 Å². The molecule has 0 fully saturated rings. The van der Waals surface area contributed by atoms with Crippen LogP contribution >= 0.6 is 12.9 Å². The van der Waals surface area contributed by atoms with Crippen LogP contribution in [0, 0.1) is 13.8 Å². The third-order valence-electron chi connectivity index (χ3n) is 1.16. The first-order chi connectivity index (χ1) is 4.72. The molecule has 1 aromatic rings. The molecule has 1 aromatic heterocycles. The third-order valence-corrected chi connectivity index (χ3v) is 1.37. The molecule has 0 unspecified atom stereocenters. The van der Waals surface area contributed by atoms with Gasteiger partial charge in [-0.15, -0.1) is 0 Å². The molecule has 1 heterocycles. The summed E-state index contributed by atoms with van der Waals surface area (Å²) in [7, 11) is 0. The summed E-state index contributed by atoms with van der Waals surface area (Å²) in [5.74, 6) is 0.744. The van der Waals surface area contributed by atoms with Crippen molar-refractivity contribution in [3.63, 3.8) is 0 Å². The van der Waals surface area contributed by atoms with E-state index in [1.807, 2.05) is 26.0 Å². The highest BCUT2D eigenvalue weighted by Crippen LogP contribution is 2.13. The largest absolute Gasteiger partial charge is 0.429 e. The molecule has 0 amide bonds. The highest BCUT2D eigenvalue weighted by Gasteiger charge is 1.94. The molecule has 2 nitrogen and oxygen atoms in total. The van der Waals surface area contributed by atoms with Gasteiger partial charge in [0.1, 0.15) is 5.75 Å². The Hall–Kier alpha value is -0.700. The van der Waals surface area contributed by atoms with Crippen molar-refractivity contribution in [2.75, 3.05) is 0 Å². The van der Waals surface area contributed by atoms with E-state index in [1.54, 1.807) is 0 Å². The second-order valence-corrected chi connectivity index (χ2v) is 2.36. The van der Waals surface area contributed by atoms with Crippen LogP contribution in [-0.4, -0.2) is 4.98 Å². The smallest absolute Gasteiger partial charge is 0.140 e. The van der Waals surface area contributed by atoms with Gasteiger partial charge in [-0.05, 0) is 13.8 Å². The summed E-state index contributed by atoms with van der Waals surface area (Å²) in [6.07, 6.45) is 0. The molecule has 0 saturated carbocycles. The second kappa shape index (κ2) is 2.92. The zero-order chi connectivity index (χ0) is 7.56. The van der Waals surface area contributed by atoms with Crippen molar-refractivity contribution in [3.8, 4) is 5.75 Å². The minimum Gasteiger partial charge on any atom is -0.429 e. The fraction of sp³-hybridized carbons (Fsp3) is 0.286. The summed E-state index contributed by atoms with van der Waals surface area (Å²) >= 11 is 3.68. The monoisotopic (exact) mass is 155 g/mol. The Morgan fingerprint density at radius 1 is 1.30 bits per heavy atom. The molecule has 0 atom stereocenters. The average Bonchev–Trinajstić information content (AvgIpc) is 1.85. The molecule has 1 rings (SSSR count). The SMILES string of the molecule is Cc1cc(OS)cc(C)n1. The van der Waals surface area contributed by atoms with Gasteiger partial charge < -0.3 is 4.18 Å². The van der Waals surface area contributed by atoms with Crippen LogP contribution in [0.3, 0.4) is 0 Å². The van der Waals surface area contributed by atoms with Crippen LogP contribution in [0.4, 0.5) is 0 Å². The number of nitrogens with zero attached hydrogens (tertiary/aromatic N) is 1. The van der Waals surface area contributed by atoms with E-state index in [2.05, 4.69) is 17.9 Å². The van der Waals surface area contributed by atoms with Crippen molar-refractivity contribution < 1.29 is 4.18 Å². The average molecular weight is 155 g/mol. The molecule has 10 heavy (non-hydrogen) atoms. The number of aromatic nitrogens is 1. The summed E-state index contributed by atoms with van der Waals surface area (Å²) in [6.45, 7) is 3.84. The van der Waals surface area contributed by atoms with Gasteiger partial charge in [0, 0.05) is 36.4 Å².